The van der Waals surface area contributed by atoms with Gasteiger partial charge in [-0.25, -0.2) is 13.5 Å². The first-order valence-electron chi connectivity index (χ1n) is 11.5. The van der Waals surface area contributed by atoms with Crippen molar-refractivity contribution in [3.63, 3.8) is 0 Å². The van der Waals surface area contributed by atoms with Crippen LogP contribution in [-0.4, -0.2) is 58.4 Å². The number of rotatable bonds is 7. The van der Waals surface area contributed by atoms with Gasteiger partial charge in [0.2, 0.25) is 0 Å². The van der Waals surface area contributed by atoms with Crippen LogP contribution < -0.4 is 9.64 Å². The van der Waals surface area contributed by atoms with E-state index in [4.69, 9.17) is 4.74 Å². The molecule has 0 aliphatic carbocycles. The lowest BCUT2D eigenvalue weighted by atomic mass is 10.0. The zero-order chi connectivity index (χ0) is 24.2. The van der Waals surface area contributed by atoms with Crippen LogP contribution in [0.2, 0.25) is 0 Å². The van der Waals surface area contributed by atoms with E-state index in [0.717, 1.165) is 48.7 Å². The molecule has 0 saturated carbocycles. The van der Waals surface area contributed by atoms with Gasteiger partial charge in [-0.2, -0.15) is 0 Å². The van der Waals surface area contributed by atoms with Crippen molar-refractivity contribution in [3.8, 4) is 5.75 Å². The van der Waals surface area contributed by atoms with Gasteiger partial charge in [-0.1, -0.05) is 30.3 Å². The Hall–Kier alpha value is -3.85. The number of anilines is 1. The maximum atomic E-state index is 13.7. The number of tetrazole rings is 1. The lowest BCUT2D eigenvalue weighted by molar-refractivity contribution is 0.201. The molecular weight excluding hydrogens is 450 g/mol. The first-order valence-corrected chi connectivity index (χ1v) is 11.5. The predicted octanol–water partition coefficient (Wildman–Crippen LogP) is 3.92. The van der Waals surface area contributed by atoms with Crippen molar-refractivity contribution < 1.29 is 13.5 Å². The Morgan fingerprint density at radius 3 is 2.26 bits per heavy atom. The number of hydrogen-bond acceptors (Lipinski definition) is 6. The summed E-state index contributed by atoms with van der Waals surface area (Å²) in [6, 6.07) is 20.6. The van der Waals surface area contributed by atoms with Crippen LogP contribution in [0.1, 0.15) is 23.0 Å². The maximum Gasteiger partial charge on any atom is 0.173 e. The average molecular weight is 477 g/mol. The minimum atomic E-state index is -0.291. The third-order valence-electron chi connectivity index (χ3n) is 6.33. The van der Waals surface area contributed by atoms with Crippen molar-refractivity contribution in [1.29, 1.82) is 0 Å². The van der Waals surface area contributed by atoms with Gasteiger partial charge in [0.05, 0.1) is 19.7 Å². The fourth-order valence-corrected chi connectivity index (χ4v) is 4.50. The summed E-state index contributed by atoms with van der Waals surface area (Å²) in [5, 5.41) is 12.5. The Labute approximate surface area is 202 Å². The summed E-state index contributed by atoms with van der Waals surface area (Å²) in [5.74, 6) is 0.912. The molecule has 1 aromatic heterocycles. The SMILES string of the molecule is COc1cccc(N2CCN(C(c3ccc(F)cc3)c3nnnn3Cc3ccc(F)cc3)CC2)c1. The smallest absolute Gasteiger partial charge is 0.173 e. The van der Waals surface area contributed by atoms with Crippen molar-refractivity contribution in [2.24, 2.45) is 0 Å². The largest absolute Gasteiger partial charge is 0.497 e. The lowest BCUT2D eigenvalue weighted by Gasteiger charge is -2.40. The highest BCUT2D eigenvalue weighted by Crippen LogP contribution is 2.30. The summed E-state index contributed by atoms with van der Waals surface area (Å²) in [6.45, 7) is 3.56. The molecule has 0 amide bonds. The van der Waals surface area contributed by atoms with E-state index in [1.165, 1.54) is 24.3 Å². The van der Waals surface area contributed by atoms with Crippen LogP contribution in [0.25, 0.3) is 0 Å². The van der Waals surface area contributed by atoms with Gasteiger partial charge in [-0.05, 0) is 58.0 Å². The van der Waals surface area contributed by atoms with Crippen LogP contribution in [0.3, 0.4) is 0 Å². The van der Waals surface area contributed by atoms with Crippen LogP contribution in [0.15, 0.2) is 72.8 Å². The summed E-state index contributed by atoms with van der Waals surface area (Å²) in [5.41, 5.74) is 2.92. The molecule has 180 valence electrons. The molecule has 2 heterocycles. The highest BCUT2D eigenvalue weighted by atomic mass is 19.1. The average Bonchev–Trinajstić information content (AvgIpc) is 3.34. The van der Waals surface area contributed by atoms with E-state index in [0.29, 0.717) is 12.4 Å². The van der Waals surface area contributed by atoms with Gasteiger partial charge in [-0.15, -0.1) is 5.10 Å². The number of halogens is 2. The van der Waals surface area contributed by atoms with E-state index in [9.17, 15) is 8.78 Å². The Morgan fingerprint density at radius 2 is 1.57 bits per heavy atom. The Morgan fingerprint density at radius 1 is 0.886 bits per heavy atom. The van der Waals surface area contributed by atoms with Crippen LogP contribution >= 0.6 is 0 Å². The summed E-state index contributed by atoms with van der Waals surface area (Å²) in [6.07, 6.45) is 0. The molecule has 1 aliphatic heterocycles. The molecule has 0 radical (unpaired) electrons. The number of ether oxygens (including phenoxy) is 1. The monoisotopic (exact) mass is 476 g/mol. The molecule has 0 N–H and O–H groups in total. The summed E-state index contributed by atoms with van der Waals surface area (Å²) in [4.78, 5) is 4.64. The minimum absolute atomic E-state index is 0.251. The van der Waals surface area contributed by atoms with Crippen LogP contribution in [0.5, 0.6) is 5.75 Å². The highest BCUT2D eigenvalue weighted by Gasteiger charge is 2.31. The molecule has 5 rings (SSSR count). The molecule has 7 nitrogen and oxygen atoms in total. The van der Waals surface area contributed by atoms with E-state index in [-0.39, 0.29) is 17.7 Å². The second-order valence-electron chi connectivity index (χ2n) is 8.50. The van der Waals surface area contributed by atoms with E-state index >= 15 is 0 Å². The molecule has 1 atom stereocenters. The number of nitrogens with zero attached hydrogens (tertiary/aromatic N) is 6. The van der Waals surface area contributed by atoms with Gasteiger partial charge in [0.25, 0.3) is 0 Å². The van der Waals surface area contributed by atoms with Gasteiger partial charge < -0.3 is 9.64 Å². The fraction of sp³-hybridized carbons (Fsp3) is 0.269. The van der Waals surface area contributed by atoms with Crippen molar-refractivity contribution >= 4 is 5.69 Å². The number of hydrogen-bond donors (Lipinski definition) is 0. The summed E-state index contributed by atoms with van der Waals surface area (Å²) < 4.78 is 34.2. The number of piperazine rings is 1. The lowest BCUT2D eigenvalue weighted by Crippen LogP contribution is -2.48. The molecule has 9 heteroatoms. The van der Waals surface area contributed by atoms with E-state index in [2.05, 4.69) is 31.4 Å². The Kier molecular flexibility index (Phi) is 6.67. The van der Waals surface area contributed by atoms with Gasteiger partial charge in [0.15, 0.2) is 5.82 Å². The maximum absolute atomic E-state index is 13.7. The Balaban J connectivity index is 1.41. The van der Waals surface area contributed by atoms with Crippen molar-refractivity contribution in [3.05, 3.63) is 101 Å². The second-order valence-corrected chi connectivity index (χ2v) is 8.50. The van der Waals surface area contributed by atoms with Gasteiger partial charge in [-0.3, -0.25) is 4.90 Å². The molecule has 1 unspecified atom stereocenters. The third kappa shape index (κ3) is 5.14. The first kappa shape index (κ1) is 22.9. The highest BCUT2D eigenvalue weighted by molar-refractivity contribution is 5.51. The fourth-order valence-electron chi connectivity index (χ4n) is 4.50. The summed E-state index contributed by atoms with van der Waals surface area (Å²) >= 11 is 0. The van der Waals surface area contributed by atoms with E-state index in [1.807, 2.05) is 18.2 Å². The number of methoxy groups -OCH3 is 1. The van der Waals surface area contributed by atoms with Gasteiger partial charge >= 0.3 is 0 Å². The predicted molar refractivity (Wildman–Crippen MR) is 128 cm³/mol. The quantitative estimate of drug-likeness (QED) is 0.403. The molecule has 35 heavy (non-hydrogen) atoms. The standard InChI is InChI=1S/C26H26F2N6O/c1-35-24-4-2-3-23(17-24)32-13-15-33(16-14-32)25(20-7-11-22(28)12-8-20)26-29-30-31-34(26)18-19-5-9-21(27)10-6-19/h2-12,17,25H,13-16,18H2,1H3. The number of benzene rings is 3. The number of aromatic nitrogens is 4. The zero-order valence-corrected chi connectivity index (χ0v) is 19.4. The molecule has 4 aromatic rings. The normalized spacial score (nSPS) is 15.2. The molecule has 0 spiro atoms. The molecule has 1 fully saturated rings. The second kappa shape index (κ2) is 10.2. The molecule has 1 saturated heterocycles. The van der Waals surface area contributed by atoms with E-state index < -0.39 is 0 Å². The van der Waals surface area contributed by atoms with Crippen LogP contribution in [0, 0.1) is 11.6 Å². The zero-order valence-electron chi connectivity index (χ0n) is 19.4. The van der Waals surface area contributed by atoms with Crippen molar-refractivity contribution in [1.82, 2.24) is 25.1 Å². The topological polar surface area (TPSA) is 59.3 Å². The Bertz CT molecular complexity index is 1250. The molecule has 1 aliphatic rings. The minimum Gasteiger partial charge on any atom is -0.497 e. The third-order valence-corrected chi connectivity index (χ3v) is 6.33. The van der Waals surface area contributed by atoms with Gasteiger partial charge in [0.1, 0.15) is 17.4 Å². The van der Waals surface area contributed by atoms with Crippen molar-refractivity contribution in [2.45, 2.75) is 12.6 Å². The summed E-state index contributed by atoms with van der Waals surface area (Å²) in [7, 11) is 1.67. The van der Waals surface area contributed by atoms with E-state index in [1.54, 1.807) is 36.1 Å². The van der Waals surface area contributed by atoms with Crippen LogP contribution in [-0.2, 0) is 6.54 Å². The molecule has 0 bridgehead atoms. The molecule has 3 aromatic carbocycles. The van der Waals surface area contributed by atoms with Gasteiger partial charge in [0, 0.05) is 37.9 Å². The molecular formula is C26H26F2N6O. The first-order chi connectivity index (χ1) is 17.1. The van der Waals surface area contributed by atoms with Crippen LogP contribution in [0.4, 0.5) is 14.5 Å². The van der Waals surface area contributed by atoms with Crippen molar-refractivity contribution in [2.75, 3.05) is 38.2 Å².